The van der Waals surface area contributed by atoms with Gasteiger partial charge in [-0.2, -0.15) is 0 Å². The van der Waals surface area contributed by atoms with E-state index < -0.39 is 17.8 Å². The molecule has 2 aliphatic heterocycles. The van der Waals surface area contributed by atoms with E-state index in [0.717, 1.165) is 0 Å². The number of hydrogen-bond acceptors (Lipinski definition) is 3. The molecule has 1 N–H and O–H groups in total. The summed E-state index contributed by atoms with van der Waals surface area (Å²) in [5, 5.41) is 9.92. The lowest BCUT2D eigenvalue weighted by molar-refractivity contribution is -0.148. The molecule has 2 heterocycles. The zero-order valence-corrected chi connectivity index (χ0v) is 15.0. The second-order valence-electron chi connectivity index (χ2n) is 6.36. The zero-order chi connectivity index (χ0) is 18.1. The molecular formula is C17H18Cl2N2O4. The van der Waals surface area contributed by atoms with E-state index in [1.165, 1.54) is 4.90 Å². The van der Waals surface area contributed by atoms with Gasteiger partial charge in [0.1, 0.15) is 5.92 Å². The summed E-state index contributed by atoms with van der Waals surface area (Å²) in [5.74, 6) is -2.49. The number of carboxylic acid groups (broad SMARTS) is 1. The SMILES string of the molecule is O=C(O)C1CCN(C(=O)[C@H]2CCN(c3cc(Cl)ccc3Cl)C2=O)CC1. The highest BCUT2D eigenvalue weighted by atomic mass is 35.5. The molecule has 0 radical (unpaired) electrons. The summed E-state index contributed by atoms with van der Waals surface area (Å²) in [5.41, 5.74) is 0.513. The number of carboxylic acids is 1. The van der Waals surface area contributed by atoms with Gasteiger partial charge in [0, 0.05) is 24.7 Å². The molecule has 0 spiro atoms. The third-order valence-corrected chi connectivity index (χ3v) is 5.41. The van der Waals surface area contributed by atoms with Crippen LogP contribution < -0.4 is 4.90 Å². The summed E-state index contributed by atoms with van der Waals surface area (Å²) in [7, 11) is 0. The molecule has 2 fully saturated rings. The Bertz CT molecular complexity index is 717. The molecule has 25 heavy (non-hydrogen) atoms. The van der Waals surface area contributed by atoms with Crippen molar-refractivity contribution < 1.29 is 19.5 Å². The fourth-order valence-corrected chi connectivity index (χ4v) is 3.79. The normalized spacial score (nSPS) is 21.7. The van der Waals surface area contributed by atoms with Gasteiger partial charge >= 0.3 is 5.97 Å². The standard InChI is InChI=1S/C17H18Cl2N2O4/c18-11-1-2-13(19)14(9-11)21-8-5-12(16(21)23)15(22)20-6-3-10(4-7-20)17(24)25/h1-2,9-10,12H,3-8H2,(H,24,25)/t12-/m1/s1. The molecule has 134 valence electrons. The monoisotopic (exact) mass is 384 g/mol. The minimum atomic E-state index is -0.828. The van der Waals surface area contributed by atoms with Crippen LogP contribution in [0.2, 0.25) is 10.0 Å². The highest BCUT2D eigenvalue weighted by molar-refractivity contribution is 6.36. The van der Waals surface area contributed by atoms with Crippen LogP contribution in [0.15, 0.2) is 18.2 Å². The molecule has 2 saturated heterocycles. The number of nitrogens with zero attached hydrogens (tertiary/aromatic N) is 2. The number of anilines is 1. The van der Waals surface area contributed by atoms with Crippen molar-refractivity contribution in [1.82, 2.24) is 4.90 Å². The van der Waals surface area contributed by atoms with Crippen molar-refractivity contribution in [2.45, 2.75) is 19.3 Å². The predicted octanol–water partition coefficient (Wildman–Crippen LogP) is 2.67. The molecule has 6 nitrogen and oxygen atoms in total. The van der Waals surface area contributed by atoms with Crippen LogP contribution in [0.1, 0.15) is 19.3 Å². The molecule has 2 amide bonds. The summed E-state index contributed by atoms with van der Waals surface area (Å²) >= 11 is 12.1. The number of rotatable bonds is 3. The molecule has 0 aromatic heterocycles. The first kappa shape index (κ1) is 18.0. The minimum absolute atomic E-state index is 0.227. The van der Waals surface area contributed by atoms with Crippen LogP contribution in [0, 0.1) is 11.8 Å². The number of amides is 2. The van der Waals surface area contributed by atoms with E-state index in [2.05, 4.69) is 0 Å². The third kappa shape index (κ3) is 3.60. The molecule has 1 atom stereocenters. The van der Waals surface area contributed by atoms with Gasteiger partial charge in [-0.25, -0.2) is 0 Å². The van der Waals surface area contributed by atoms with Crippen LogP contribution >= 0.6 is 23.2 Å². The first-order valence-corrected chi connectivity index (χ1v) is 8.92. The highest BCUT2D eigenvalue weighted by Crippen LogP contribution is 2.34. The van der Waals surface area contributed by atoms with E-state index in [4.69, 9.17) is 28.3 Å². The largest absolute Gasteiger partial charge is 0.481 e. The van der Waals surface area contributed by atoms with E-state index >= 15 is 0 Å². The number of piperidine rings is 1. The molecule has 8 heteroatoms. The van der Waals surface area contributed by atoms with Gasteiger partial charge in [-0.05, 0) is 37.5 Å². The maximum atomic E-state index is 12.7. The first-order chi connectivity index (χ1) is 11.9. The van der Waals surface area contributed by atoms with Crippen molar-refractivity contribution in [2.75, 3.05) is 24.5 Å². The maximum Gasteiger partial charge on any atom is 0.306 e. The molecule has 0 saturated carbocycles. The van der Waals surface area contributed by atoms with Gasteiger partial charge in [-0.3, -0.25) is 14.4 Å². The molecular weight excluding hydrogens is 367 g/mol. The lowest BCUT2D eigenvalue weighted by Gasteiger charge is -2.31. The minimum Gasteiger partial charge on any atom is -0.481 e. The number of aliphatic carboxylic acids is 1. The van der Waals surface area contributed by atoms with Gasteiger partial charge in [-0.1, -0.05) is 23.2 Å². The lowest BCUT2D eigenvalue weighted by Crippen LogP contribution is -2.45. The Morgan fingerprint density at radius 3 is 2.40 bits per heavy atom. The van der Waals surface area contributed by atoms with Gasteiger partial charge in [0.2, 0.25) is 11.8 Å². The number of halogens is 2. The van der Waals surface area contributed by atoms with E-state index in [0.29, 0.717) is 54.6 Å². The summed E-state index contributed by atoms with van der Waals surface area (Å²) in [6.07, 6.45) is 1.26. The molecule has 0 aliphatic carbocycles. The van der Waals surface area contributed by atoms with Gasteiger partial charge in [-0.15, -0.1) is 0 Å². The van der Waals surface area contributed by atoms with Crippen LogP contribution in [-0.4, -0.2) is 47.4 Å². The average molecular weight is 385 g/mol. The van der Waals surface area contributed by atoms with Crippen LogP contribution in [0.25, 0.3) is 0 Å². The van der Waals surface area contributed by atoms with Gasteiger partial charge < -0.3 is 14.9 Å². The quantitative estimate of drug-likeness (QED) is 0.812. The Morgan fingerprint density at radius 1 is 1.08 bits per heavy atom. The number of carbonyl (C=O) groups excluding carboxylic acids is 2. The predicted molar refractivity (Wildman–Crippen MR) is 93.9 cm³/mol. The summed E-state index contributed by atoms with van der Waals surface area (Å²) in [6.45, 7) is 1.15. The Morgan fingerprint density at radius 2 is 1.76 bits per heavy atom. The second-order valence-corrected chi connectivity index (χ2v) is 7.21. The molecule has 1 aromatic carbocycles. The van der Waals surface area contributed by atoms with Gasteiger partial charge in [0.05, 0.1) is 16.6 Å². The molecule has 2 aliphatic rings. The third-order valence-electron chi connectivity index (χ3n) is 4.86. The van der Waals surface area contributed by atoms with Crippen molar-refractivity contribution in [1.29, 1.82) is 0 Å². The van der Waals surface area contributed by atoms with Gasteiger partial charge in [0.15, 0.2) is 0 Å². The number of likely N-dealkylation sites (tertiary alicyclic amines) is 1. The van der Waals surface area contributed by atoms with Crippen LogP contribution in [-0.2, 0) is 14.4 Å². The van der Waals surface area contributed by atoms with E-state index in [9.17, 15) is 14.4 Å². The Hall–Kier alpha value is -1.79. The van der Waals surface area contributed by atoms with Crippen LogP contribution in [0.4, 0.5) is 5.69 Å². The second kappa shape index (κ2) is 7.22. The molecule has 3 rings (SSSR count). The molecule has 0 bridgehead atoms. The van der Waals surface area contributed by atoms with Crippen molar-refractivity contribution in [3.05, 3.63) is 28.2 Å². The number of benzene rings is 1. The van der Waals surface area contributed by atoms with Crippen LogP contribution in [0.3, 0.4) is 0 Å². The topological polar surface area (TPSA) is 77.9 Å². The molecule has 0 unspecified atom stereocenters. The smallest absolute Gasteiger partial charge is 0.306 e. The Kier molecular flexibility index (Phi) is 5.20. The van der Waals surface area contributed by atoms with E-state index in [1.807, 2.05) is 0 Å². The lowest BCUT2D eigenvalue weighted by atomic mass is 9.95. The fourth-order valence-electron chi connectivity index (χ4n) is 3.41. The number of hydrogen-bond donors (Lipinski definition) is 1. The fraction of sp³-hybridized carbons (Fsp3) is 0.471. The summed E-state index contributed by atoms with van der Waals surface area (Å²) in [6, 6.07) is 4.88. The van der Waals surface area contributed by atoms with E-state index in [1.54, 1.807) is 23.1 Å². The number of carbonyl (C=O) groups is 3. The van der Waals surface area contributed by atoms with Crippen LogP contribution in [0.5, 0.6) is 0 Å². The van der Waals surface area contributed by atoms with Crippen molar-refractivity contribution in [3.8, 4) is 0 Å². The summed E-state index contributed by atoms with van der Waals surface area (Å²) < 4.78 is 0. The zero-order valence-electron chi connectivity index (χ0n) is 13.5. The maximum absolute atomic E-state index is 12.7. The summed E-state index contributed by atoms with van der Waals surface area (Å²) in [4.78, 5) is 39.5. The van der Waals surface area contributed by atoms with Crippen molar-refractivity contribution >= 4 is 46.7 Å². The average Bonchev–Trinajstić information content (AvgIpc) is 2.98. The first-order valence-electron chi connectivity index (χ1n) is 8.16. The van der Waals surface area contributed by atoms with Gasteiger partial charge in [0.25, 0.3) is 0 Å². The molecule has 1 aromatic rings. The Labute approximate surface area is 155 Å². The van der Waals surface area contributed by atoms with Crippen molar-refractivity contribution in [2.24, 2.45) is 11.8 Å². The van der Waals surface area contributed by atoms with Crippen molar-refractivity contribution in [3.63, 3.8) is 0 Å². The van der Waals surface area contributed by atoms with E-state index in [-0.39, 0.29) is 11.8 Å². The highest BCUT2D eigenvalue weighted by Gasteiger charge is 2.41. The Balaban J connectivity index is 1.69.